The second kappa shape index (κ2) is 11.9. The van der Waals surface area contributed by atoms with Crippen LogP contribution < -0.4 is 5.32 Å². The van der Waals surface area contributed by atoms with Crippen molar-refractivity contribution in [2.24, 2.45) is 0 Å². The first-order valence-corrected chi connectivity index (χ1v) is 7.31. The van der Waals surface area contributed by atoms with Crippen LogP contribution in [-0.2, 0) is 17.8 Å². The highest BCUT2D eigenvalue weighted by molar-refractivity contribution is 7.59. The van der Waals surface area contributed by atoms with E-state index in [2.05, 4.69) is 15.6 Å². The number of hydrogen-bond donors (Lipinski definition) is 1. The van der Waals surface area contributed by atoms with Gasteiger partial charge in [-0.25, -0.2) is 0 Å². The molecule has 6 heteroatoms. The molecule has 118 valence electrons. The molecular weight excluding hydrogens is 272 g/mol. The minimum atomic E-state index is 0. The zero-order valence-electron chi connectivity index (χ0n) is 12.7. The summed E-state index contributed by atoms with van der Waals surface area (Å²) in [5.41, 5.74) is 1.07. The summed E-state index contributed by atoms with van der Waals surface area (Å²) in [4.78, 5) is 11.2. The van der Waals surface area contributed by atoms with Gasteiger partial charge < -0.3 is 5.32 Å². The molecule has 0 unspecified atom stereocenters. The Bertz CT molecular complexity index is 374. The van der Waals surface area contributed by atoms with Crippen LogP contribution in [0.15, 0.2) is 6.20 Å². The third-order valence-corrected chi connectivity index (χ3v) is 3.18. The Balaban J connectivity index is 0. The molecule has 0 aliphatic rings. The number of nitrogens with zero attached hydrogens (tertiary/aromatic N) is 3. The molecule has 0 radical (unpaired) electrons. The smallest absolute Gasteiger partial charge is 0.132 e. The SMILES string of the molecule is CCC(=O)CCCCn1cc(CCCCNC)nn1.S.[HH]. The van der Waals surface area contributed by atoms with Crippen molar-refractivity contribution in [1.82, 2.24) is 20.3 Å². The number of nitrogens with one attached hydrogen (secondary N) is 1. The normalized spacial score (nSPS) is 10.3. The number of rotatable bonds is 11. The summed E-state index contributed by atoms with van der Waals surface area (Å²) in [7, 11) is 1.97. The van der Waals surface area contributed by atoms with Gasteiger partial charge in [0.2, 0.25) is 0 Å². The van der Waals surface area contributed by atoms with Gasteiger partial charge in [0.1, 0.15) is 5.78 Å². The van der Waals surface area contributed by atoms with Gasteiger partial charge >= 0.3 is 0 Å². The van der Waals surface area contributed by atoms with Crippen LogP contribution >= 0.6 is 13.5 Å². The minimum Gasteiger partial charge on any atom is -0.320 e. The van der Waals surface area contributed by atoms with Crippen LogP contribution in [0.2, 0.25) is 0 Å². The second-order valence-corrected chi connectivity index (χ2v) is 4.88. The number of carbonyl (C=O) groups is 1. The Morgan fingerprint density at radius 2 is 2.15 bits per heavy atom. The third kappa shape index (κ3) is 8.32. The van der Waals surface area contributed by atoms with Crippen LogP contribution in [0.25, 0.3) is 0 Å². The Morgan fingerprint density at radius 3 is 2.85 bits per heavy atom. The Kier molecular flexibility index (Phi) is 11.4. The van der Waals surface area contributed by atoms with Crippen LogP contribution in [0.3, 0.4) is 0 Å². The Labute approximate surface area is 130 Å². The van der Waals surface area contributed by atoms with E-state index in [-0.39, 0.29) is 14.9 Å². The molecule has 1 aromatic rings. The first-order chi connectivity index (χ1) is 9.26. The van der Waals surface area contributed by atoms with E-state index in [1.165, 1.54) is 6.42 Å². The van der Waals surface area contributed by atoms with E-state index in [1.807, 2.05) is 24.9 Å². The molecule has 0 spiro atoms. The standard InChI is InChI=1S/C14H26N4O.H2S.H2/c1-3-14(19)9-5-7-11-18-12-13(16-17-18)8-4-6-10-15-2;;/h12,15H,3-11H2,1-2H3;1H2;1H. The van der Waals surface area contributed by atoms with Crippen molar-refractivity contribution in [2.75, 3.05) is 13.6 Å². The van der Waals surface area contributed by atoms with Crippen LogP contribution in [0.4, 0.5) is 0 Å². The summed E-state index contributed by atoms with van der Waals surface area (Å²) in [6.45, 7) is 3.83. The number of hydrogen-bond acceptors (Lipinski definition) is 4. The van der Waals surface area contributed by atoms with Crippen LogP contribution in [0, 0.1) is 0 Å². The fraction of sp³-hybridized carbons (Fsp3) is 0.786. The Hall–Kier alpha value is -0.880. The molecule has 0 saturated heterocycles. The topological polar surface area (TPSA) is 59.8 Å². The molecule has 0 aromatic carbocycles. The highest BCUT2D eigenvalue weighted by atomic mass is 32.1. The van der Waals surface area contributed by atoms with Crippen molar-refractivity contribution in [3.8, 4) is 0 Å². The molecule has 0 fully saturated rings. The first-order valence-electron chi connectivity index (χ1n) is 7.31. The molecule has 0 saturated carbocycles. The van der Waals surface area contributed by atoms with Gasteiger partial charge in [-0.2, -0.15) is 13.5 Å². The van der Waals surface area contributed by atoms with Crippen LogP contribution in [0.1, 0.15) is 52.6 Å². The molecule has 5 nitrogen and oxygen atoms in total. The summed E-state index contributed by atoms with van der Waals surface area (Å²) < 4.78 is 1.89. The van der Waals surface area contributed by atoms with E-state index in [0.717, 1.165) is 44.5 Å². The quantitative estimate of drug-likeness (QED) is 0.637. The van der Waals surface area contributed by atoms with E-state index in [4.69, 9.17) is 0 Å². The number of aryl methyl sites for hydroxylation is 2. The third-order valence-electron chi connectivity index (χ3n) is 3.18. The average molecular weight is 302 g/mol. The molecule has 0 atom stereocenters. The second-order valence-electron chi connectivity index (χ2n) is 4.88. The zero-order chi connectivity index (χ0) is 13.9. The number of Topliss-reactive ketones (excluding diaryl/α,β-unsaturated/α-hetero) is 1. The highest BCUT2D eigenvalue weighted by Gasteiger charge is 2.02. The van der Waals surface area contributed by atoms with Crippen molar-refractivity contribution < 1.29 is 6.22 Å². The molecule has 1 N–H and O–H groups in total. The highest BCUT2D eigenvalue weighted by Crippen LogP contribution is 2.04. The predicted molar refractivity (Wildman–Crippen MR) is 88.5 cm³/mol. The van der Waals surface area contributed by atoms with E-state index in [1.54, 1.807) is 0 Å². The van der Waals surface area contributed by atoms with Gasteiger partial charge in [-0.05, 0) is 45.7 Å². The van der Waals surface area contributed by atoms with Crippen molar-refractivity contribution in [3.05, 3.63) is 11.9 Å². The number of carbonyl (C=O) groups excluding carboxylic acids is 1. The summed E-state index contributed by atoms with van der Waals surface area (Å²) in [6.07, 6.45) is 8.63. The number of ketones is 1. The van der Waals surface area contributed by atoms with Crippen molar-refractivity contribution in [2.45, 2.75) is 58.4 Å². The summed E-state index contributed by atoms with van der Waals surface area (Å²) in [5, 5.41) is 11.4. The lowest BCUT2D eigenvalue weighted by atomic mass is 10.1. The van der Waals surface area contributed by atoms with Gasteiger partial charge in [0.05, 0.1) is 5.69 Å². The molecule has 0 aliphatic heterocycles. The molecule has 0 aliphatic carbocycles. The molecule has 20 heavy (non-hydrogen) atoms. The maximum atomic E-state index is 11.2. The lowest BCUT2D eigenvalue weighted by Crippen LogP contribution is -2.07. The molecule has 0 amide bonds. The first kappa shape index (κ1) is 19.1. The van der Waals surface area contributed by atoms with E-state index >= 15 is 0 Å². The van der Waals surface area contributed by atoms with Gasteiger partial charge in [-0.15, -0.1) is 5.10 Å². The fourth-order valence-corrected chi connectivity index (χ4v) is 1.94. The lowest BCUT2D eigenvalue weighted by Gasteiger charge is -2.00. The van der Waals surface area contributed by atoms with Crippen molar-refractivity contribution >= 4 is 19.3 Å². The van der Waals surface area contributed by atoms with Crippen molar-refractivity contribution in [3.63, 3.8) is 0 Å². The van der Waals surface area contributed by atoms with Gasteiger partial charge in [-0.1, -0.05) is 12.1 Å². The number of aromatic nitrogens is 3. The zero-order valence-corrected chi connectivity index (χ0v) is 13.7. The molecule has 0 bridgehead atoms. The lowest BCUT2D eigenvalue weighted by molar-refractivity contribution is -0.118. The van der Waals surface area contributed by atoms with Gasteiger partial charge in [0, 0.05) is 27.0 Å². The van der Waals surface area contributed by atoms with E-state index in [0.29, 0.717) is 18.6 Å². The number of unbranched alkanes of at least 4 members (excludes halogenated alkanes) is 2. The fourth-order valence-electron chi connectivity index (χ4n) is 1.94. The molecule has 1 rings (SSSR count). The Morgan fingerprint density at radius 1 is 1.35 bits per heavy atom. The van der Waals surface area contributed by atoms with E-state index < -0.39 is 0 Å². The van der Waals surface area contributed by atoms with Gasteiger partial charge in [0.25, 0.3) is 0 Å². The van der Waals surface area contributed by atoms with Gasteiger partial charge in [0.15, 0.2) is 0 Å². The molecule has 1 aromatic heterocycles. The average Bonchev–Trinajstić information content (AvgIpc) is 2.87. The molecular formula is C14H30N4OS. The maximum Gasteiger partial charge on any atom is 0.132 e. The minimum absolute atomic E-state index is 0. The van der Waals surface area contributed by atoms with Gasteiger partial charge in [-0.3, -0.25) is 9.48 Å². The van der Waals surface area contributed by atoms with Crippen LogP contribution in [0.5, 0.6) is 0 Å². The summed E-state index contributed by atoms with van der Waals surface area (Å²) >= 11 is 0. The largest absolute Gasteiger partial charge is 0.320 e. The monoisotopic (exact) mass is 302 g/mol. The maximum absolute atomic E-state index is 11.2. The van der Waals surface area contributed by atoms with Crippen molar-refractivity contribution in [1.29, 1.82) is 0 Å². The van der Waals surface area contributed by atoms with E-state index in [9.17, 15) is 4.79 Å². The summed E-state index contributed by atoms with van der Waals surface area (Å²) in [6, 6.07) is 0. The van der Waals surface area contributed by atoms with Crippen LogP contribution in [-0.4, -0.2) is 34.4 Å². The predicted octanol–water partition coefficient (Wildman–Crippen LogP) is 2.33. The molecule has 1 heterocycles. The summed E-state index contributed by atoms with van der Waals surface area (Å²) in [5.74, 6) is 0.351.